The zero-order valence-electron chi connectivity index (χ0n) is 21.5. The molecule has 4 N–H and O–H groups in total. The summed E-state index contributed by atoms with van der Waals surface area (Å²) in [5, 5.41) is 15.6. The molecule has 2 rings (SSSR count). The number of hydrogen-bond acceptors (Lipinski definition) is 4. The number of carbonyl (C=O) groups is 1. The molecule has 0 fully saturated rings. The average Bonchev–Trinajstić information content (AvgIpc) is 2.81. The van der Waals surface area contributed by atoms with Gasteiger partial charge < -0.3 is 20.9 Å². The second kappa shape index (κ2) is 13.8. The van der Waals surface area contributed by atoms with E-state index in [0.717, 1.165) is 5.56 Å². The third-order valence-corrected chi connectivity index (χ3v) is 6.58. The van der Waals surface area contributed by atoms with Gasteiger partial charge in [-0.1, -0.05) is 67.4 Å². The first kappa shape index (κ1) is 29.8. The van der Waals surface area contributed by atoms with Crippen LogP contribution in [0.15, 0.2) is 61.2 Å². The average molecular weight is 536 g/mol. The van der Waals surface area contributed by atoms with E-state index in [2.05, 4.69) is 11.9 Å². The van der Waals surface area contributed by atoms with Gasteiger partial charge in [-0.05, 0) is 54.2 Å². The van der Waals surface area contributed by atoms with Crippen molar-refractivity contribution in [1.29, 1.82) is 0 Å². The van der Waals surface area contributed by atoms with Gasteiger partial charge in [0.15, 0.2) is 0 Å². The number of nitrogens with two attached hydrogens (primary N) is 1. The third-order valence-electron chi connectivity index (χ3n) is 6.10. The summed E-state index contributed by atoms with van der Waals surface area (Å²) in [4.78, 5) is 13.6. The molecule has 0 aliphatic rings. The number of carbonyl (C=O) groups excluding carboxylic acids is 1. The van der Waals surface area contributed by atoms with E-state index in [1.54, 1.807) is 53.5 Å². The molecule has 0 saturated carbocycles. The van der Waals surface area contributed by atoms with E-state index in [9.17, 15) is 9.90 Å². The Morgan fingerprint density at radius 3 is 2.39 bits per heavy atom. The van der Waals surface area contributed by atoms with E-state index in [1.807, 2.05) is 40.1 Å². The van der Waals surface area contributed by atoms with Crippen LogP contribution in [0.4, 0.5) is 0 Å². The number of hydrogen-bond donors (Lipinski definition) is 3. The lowest BCUT2D eigenvalue weighted by atomic mass is 9.77. The normalized spacial score (nSPS) is 15.4. The molecule has 2 aromatic carbocycles. The molecule has 2 aromatic rings. The first-order valence-electron chi connectivity index (χ1n) is 12.0. The summed E-state index contributed by atoms with van der Waals surface area (Å²) in [5.74, 6) is -0.734. The molecule has 196 valence electrons. The van der Waals surface area contributed by atoms with E-state index >= 15 is 0 Å². The van der Waals surface area contributed by atoms with Crippen molar-refractivity contribution >= 4 is 35.5 Å². The van der Waals surface area contributed by atoms with Crippen LogP contribution in [-0.4, -0.2) is 54.3 Å². The number of nitrogens with one attached hydrogen (secondary N) is 1. The Hall–Kier alpha value is -2.38. The molecule has 8 heteroatoms. The van der Waals surface area contributed by atoms with Crippen molar-refractivity contribution < 1.29 is 19.2 Å². The van der Waals surface area contributed by atoms with Gasteiger partial charge in [0.25, 0.3) is 0 Å². The Morgan fingerprint density at radius 2 is 1.83 bits per heavy atom. The molecule has 0 bridgehead atoms. The minimum atomic E-state index is -1.33. The zero-order valence-corrected chi connectivity index (χ0v) is 23.0. The summed E-state index contributed by atoms with van der Waals surface area (Å²) in [6.07, 6.45) is 2.66. The van der Waals surface area contributed by atoms with Gasteiger partial charge in [0.05, 0.1) is 17.7 Å². The molecule has 0 aromatic heterocycles. The SMILES string of the molecule is C=CC[C@@](N)(C[C@@H](c1cccc(Cl)c1)[C@@H](O)c1ccc(Cl)cc1)C(=O)N[C@H](COC=[N+](C)C)C(C)C. The van der Waals surface area contributed by atoms with Crippen molar-refractivity contribution in [3.8, 4) is 0 Å². The fourth-order valence-corrected chi connectivity index (χ4v) is 4.29. The highest BCUT2D eigenvalue weighted by molar-refractivity contribution is 6.30. The molecule has 6 nitrogen and oxygen atoms in total. The molecule has 0 spiro atoms. The molecule has 36 heavy (non-hydrogen) atoms. The third kappa shape index (κ3) is 8.63. The van der Waals surface area contributed by atoms with Crippen LogP contribution in [0.1, 0.15) is 49.8 Å². The van der Waals surface area contributed by atoms with E-state index < -0.39 is 17.6 Å². The number of aliphatic hydroxyl groups excluding tert-OH is 1. The fraction of sp³-hybridized carbons (Fsp3) is 0.429. The van der Waals surface area contributed by atoms with Gasteiger partial charge in [-0.3, -0.25) is 4.79 Å². The van der Waals surface area contributed by atoms with E-state index in [4.69, 9.17) is 33.7 Å². The van der Waals surface area contributed by atoms with Crippen molar-refractivity contribution in [2.75, 3.05) is 20.7 Å². The maximum absolute atomic E-state index is 13.6. The quantitative estimate of drug-likeness (QED) is 0.147. The van der Waals surface area contributed by atoms with Crippen LogP contribution in [0, 0.1) is 5.92 Å². The van der Waals surface area contributed by atoms with Crippen LogP contribution in [0.2, 0.25) is 10.0 Å². The molecule has 1 amide bonds. The number of ether oxygens (including phenoxy) is 1. The Kier molecular flexibility index (Phi) is 11.4. The number of rotatable bonds is 13. The summed E-state index contributed by atoms with van der Waals surface area (Å²) in [6, 6.07) is 14.0. The Labute approximate surface area is 224 Å². The van der Waals surface area contributed by atoms with E-state index in [1.165, 1.54) is 0 Å². The molecule has 0 aliphatic heterocycles. The Bertz CT molecular complexity index is 1040. The van der Waals surface area contributed by atoms with Crippen molar-refractivity contribution in [2.45, 2.75) is 50.3 Å². The van der Waals surface area contributed by atoms with Crippen LogP contribution in [-0.2, 0) is 9.53 Å². The highest BCUT2D eigenvalue weighted by Gasteiger charge is 2.39. The predicted octanol–water partition coefficient (Wildman–Crippen LogP) is 4.93. The maximum Gasteiger partial charge on any atom is 0.323 e. The van der Waals surface area contributed by atoms with Gasteiger partial charge in [-0.2, -0.15) is 0 Å². The van der Waals surface area contributed by atoms with Crippen LogP contribution < -0.4 is 11.1 Å². The summed E-state index contributed by atoms with van der Waals surface area (Å²) < 4.78 is 7.41. The number of aliphatic hydroxyl groups is 1. The number of benzene rings is 2. The molecule has 0 radical (unpaired) electrons. The summed E-state index contributed by atoms with van der Waals surface area (Å²) >= 11 is 12.3. The molecular weight excluding hydrogens is 497 g/mol. The Morgan fingerprint density at radius 1 is 1.17 bits per heavy atom. The monoisotopic (exact) mass is 534 g/mol. The highest BCUT2D eigenvalue weighted by Crippen LogP contribution is 2.39. The van der Waals surface area contributed by atoms with E-state index in [-0.39, 0.29) is 30.7 Å². The van der Waals surface area contributed by atoms with Crippen molar-refractivity contribution in [3.63, 3.8) is 0 Å². The van der Waals surface area contributed by atoms with Crippen molar-refractivity contribution in [3.05, 3.63) is 82.4 Å². The molecule has 0 heterocycles. The molecule has 0 saturated heterocycles. The van der Waals surface area contributed by atoms with Crippen LogP contribution in [0.5, 0.6) is 0 Å². The second-order valence-electron chi connectivity index (χ2n) is 9.74. The molecular formula is C28H38Cl2N3O3+. The topological polar surface area (TPSA) is 87.6 Å². The van der Waals surface area contributed by atoms with Crippen LogP contribution >= 0.6 is 23.2 Å². The predicted molar refractivity (Wildman–Crippen MR) is 148 cm³/mol. The maximum atomic E-state index is 13.6. The molecule has 4 atom stereocenters. The van der Waals surface area contributed by atoms with E-state index in [0.29, 0.717) is 22.2 Å². The fourth-order valence-electron chi connectivity index (χ4n) is 3.97. The number of nitrogens with zero attached hydrogens (tertiary/aromatic N) is 1. The number of amides is 1. The first-order chi connectivity index (χ1) is 17.0. The van der Waals surface area contributed by atoms with Gasteiger partial charge in [-0.25, -0.2) is 4.58 Å². The first-order valence-corrected chi connectivity index (χ1v) is 12.7. The number of halogens is 2. The summed E-state index contributed by atoms with van der Waals surface area (Å²) in [5.41, 5.74) is 6.90. The zero-order chi connectivity index (χ0) is 26.9. The minimum absolute atomic E-state index is 0.112. The van der Waals surface area contributed by atoms with Gasteiger partial charge in [0.1, 0.15) is 20.7 Å². The standard InChI is InChI=1S/C28H37Cl2N3O3/c1-6-14-28(31,27(35)32-25(19(2)3)17-36-18-33(4)5)16-24(21-8-7-9-23(30)15-21)26(34)20-10-12-22(29)13-11-20/h6-13,15,18-19,24-26,34H,1,14,16-17,31H2,2-5H3/p+1/t24-,25+,26-,28+/m0/s1. The Balaban J connectivity index is 2.39. The smallest absolute Gasteiger partial charge is 0.323 e. The largest absolute Gasteiger partial charge is 0.448 e. The summed E-state index contributed by atoms with van der Waals surface area (Å²) in [7, 11) is 3.72. The van der Waals surface area contributed by atoms with Gasteiger partial charge in [0.2, 0.25) is 5.91 Å². The summed E-state index contributed by atoms with van der Waals surface area (Å²) in [6.45, 7) is 8.14. The van der Waals surface area contributed by atoms with Gasteiger partial charge in [-0.15, -0.1) is 6.58 Å². The highest BCUT2D eigenvalue weighted by atomic mass is 35.5. The van der Waals surface area contributed by atoms with Crippen LogP contribution in [0.25, 0.3) is 0 Å². The molecule has 0 unspecified atom stereocenters. The van der Waals surface area contributed by atoms with Crippen LogP contribution in [0.3, 0.4) is 0 Å². The van der Waals surface area contributed by atoms with Gasteiger partial charge >= 0.3 is 6.40 Å². The second-order valence-corrected chi connectivity index (χ2v) is 10.6. The lowest BCUT2D eigenvalue weighted by Gasteiger charge is -2.35. The molecule has 0 aliphatic carbocycles. The lowest BCUT2D eigenvalue weighted by Crippen LogP contribution is -2.58. The van der Waals surface area contributed by atoms with Gasteiger partial charge in [0, 0.05) is 16.0 Å². The van der Waals surface area contributed by atoms with Crippen molar-refractivity contribution in [2.24, 2.45) is 11.7 Å². The lowest BCUT2D eigenvalue weighted by molar-refractivity contribution is -0.468. The minimum Gasteiger partial charge on any atom is -0.448 e. The van der Waals surface area contributed by atoms with Crippen molar-refractivity contribution in [1.82, 2.24) is 5.32 Å².